The van der Waals surface area contributed by atoms with Crippen molar-refractivity contribution >= 4 is 34.8 Å². The number of nitrogens with one attached hydrogen (secondary N) is 1. The second kappa shape index (κ2) is 7.09. The number of amides is 2. The van der Waals surface area contributed by atoms with E-state index in [-0.39, 0.29) is 35.5 Å². The summed E-state index contributed by atoms with van der Waals surface area (Å²) < 4.78 is 32.4. The summed E-state index contributed by atoms with van der Waals surface area (Å²) in [7, 11) is 1.32. The monoisotopic (exact) mass is 406 g/mol. The molecule has 1 unspecified atom stereocenters. The van der Waals surface area contributed by atoms with Crippen LogP contribution in [-0.2, 0) is 21.4 Å². The van der Waals surface area contributed by atoms with Crippen LogP contribution in [0.4, 0.5) is 14.5 Å². The molecule has 2 aromatic rings. The number of nitrogens with zero attached hydrogens (tertiary/aromatic N) is 3. The number of carbonyl (C=O) groups excluding carboxylic acids is 3. The van der Waals surface area contributed by atoms with Gasteiger partial charge in [0.25, 0.3) is 0 Å². The van der Waals surface area contributed by atoms with Crippen LogP contribution in [0.3, 0.4) is 0 Å². The van der Waals surface area contributed by atoms with Crippen molar-refractivity contribution in [2.45, 2.75) is 31.7 Å². The van der Waals surface area contributed by atoms with Gasteiger partial charge in [0.15, 0.2) is 11.6 Å². The van der Waals surface area contributed by atoms with Gasteiger partial charge in [-0.25, -0.2) is 13.6 Å². The molecule has 3 heterocycles. The maximum atomic E-state index is 15.4. The lowest BCUT2D eigenvalue weighted by Gasteiger charge is -2.32. The zero-order valence-corrected chi connectivity index (χ0v) is 15.8. The van der Waals surface area contributed by atoms with E-state index in [0.29, 0.717) is 25.9 Å². The SMILES string of the molecule is Cn1c(=O)n(C2CCC(=O)NC2=O)c2c(F)cc(N3CCC(C=O)CC3)c(F)c21. The van der Waals surface area contributed by atoms with E-state index in [0.717, 1.165) is 21.5 Å². The number of hydrogen-bond donors (Lipinski definition) is 1. The van der Waals surface area contributed by atoms with Crippen LogP contribution >= 0.6 is 0 Å². The van der Waals surface area contributed by atoms with Crippen molar-refractivity contribution in [2.75, 3.05) is 18.0 Å². The summed E-state index contributed by atoms with van der Waals surface area (Å²) in [6.45, 7) is 0.792. The summed E-state index contributed by atoms with van der Waals surface area (Å²) in [6, 6.07) is -0.0623. The molecule has 2 aliphatic rings. The van der Waals surface area contributed by atoms with Gasteiger partial charge in [-0.2, -0.15) is 0 Å². The minimum atomic E-state index is -1.09. The van der Waals surface area contributed by atoms with Gasteiger partial charge in [-0.15, -0.1) is 0 Å². The van der Waals surface area contributed by atoms with E-state index in [1.165, 1.54) is 7.05 Å². The first-order valence-electron chi connectivity index (χ1n) is 9.46. The van der Waals surface area contributed by atoms with Crippen LogP contribution in [0.25, 0.3) is 11.0 Å². The van der Waals surface area contributed by atoms with E-state index in [9.17, 15) is 19.2 Å². The van der Waals surface area contributed by atoms with Crippen LogP contribution in [0.1, 0.15) is 31.7 Å². The molecule has 2 aliphatic heterocycles. The Labute approximate surface area is 164 Å². The molecule has 0 radical (unpaired) electrons. The molecule has 1 atom stereocenters. The first-order chi connectivity index (χ1) is 13.8. The minimum Gasteiger partial charge on any atom is -0.369 e. The summed E-state index contributed by atoms with van der Waals surface area (Å²) >= 11 is 0. The fourth-order valence-corrected chi connectivity index (χ4v) is 4.20. The Morgan fingerprint density at radius 1 is 1.10 bits per heavy atom. The van der Waals surface area contributed by atoms with Gasteiger partial charge in [0.05, 0.1) is 5.69 Å². The predicted molar refractivity (Wildman–Crippen MR) is 99.5 cm³/mol. The highest BCUT2D eigenvalue weighted by molar-refractivity contribution is 6.00. The van der Waals surface area contributed by atoms with Gasteiger partial charge in [-0.05, 0) is 19.3 Å². The number of aromatic nitrogens is 2. The zero-order chi connectivity index (χ0) is 20.9. The van der Waals surface area contributed by atoms with Gasteiger partial charge in [-0.3, -0.25) is 24.0 Å². The lowest BCUT2D eigenvalue weighted by molar-refractivity contribution is -0.135. The first-order valence-corrected chi connectivity index (χ1v) is 9.46. The maximum Gasteiger partial charge on any atom is 0.329 e. The number of halogens is 2. The van der Waals surface area contributed by atoms with E-state index < -0.39 is 35.2 Å². The molecular formula is C19H20F2N4O4. The van der Waals surface area contributed by atoms with Crippen LogP contribution in [0.2, 0.25) is 0 Å². The molecule has 2 fully saturated rings. The molecule has 1 aromatic carbocycles. The van der Waals surface area contributed by atoms with Crippen molar-refractivity contribution < 1.29 is 23.2 Å². The molecule has 0 bridgehead atoms. The third-order valence-corrected chi connectivity index (χ3v) is 5.81. The van der Waals surface area contributed by atoms with Crippen molar-refractivity contribution in [3.8, 4) is 0 Å². The fourth-order valence-electron chi connectivity index (χ4n) is 4.20. The summed E-state index contributed by atoms with van der Waals surface area (Å²) in [5.41, 5.74) is -1.23. The predicted octanol–water partition coefficient (Wildman–Crippen LogP) is 1.01. The van der Waals surface area contributed by atoms with Gasteiger partial charge in [0, 0.05) is 38.5 Å². The van der Waals surface area contributed by atoms with Crippen molar-refractivity contribution in [1.82, 2.24) is 14.5 Å². The molecule has 4 rings (SSSR count). The number of imidazole rings is 1. The third kappa shape index (κ3) is 3.02. The maximum absolute atomic E-state index is 15.4. The number of fused-ring (bicyclic) bond motifs is 1. The van der Waals surface area contributed by atoms with Crippen LogP contribution in [0.5, 0.6) is 0 Å². The molecule has 8 nitrogen and oxygen atoms in total. The number of hydrogen-bond acceptors (Lipinski definition) is 5. The summed E-state index contributed by atoms with van der Waals surface area (Å²) in [5.74, 6) is -2.85. The van der Waals surface area contributed by atoms with Crippen molar-refractivity contribution in [3.05, 3.63) is 28.2 Å². The normalized spacial score (nSPS) is 20.9. The Bertz CT molecular complexity index is 1080. The van der Waals surface area contributed by atoms with Gasteiger partial charge >= 0.3 is 5.69 Å². The summed E-state index contributed by atoms with van der Waals surface area (Å²) in [4.78, 5) is 49.0. The summed E-state index contributed by atoms with van der Waals surface area (Å²) in [6.07, 6.45) is 2.00. The number of imide groups is 1. The molecule has 154 valence electrons. The Kier molecular flexibility index (Phi) is 4.71. The lowest BCUT2D eigenvalue weighted by atomic mass is 9.98. The Morgan fingerprint density at radius 2 is 1.79 bits per heavy atom. The zero-order valence-electron chi connectivity index (χ0n) is 15.8. The van der Waals surface area contributed by atoms with E-state index in [1.54, 1.807) is 4.90 Å². The van der Waals surface area contributed by atoms with E-state index in [4.69, 9.17) is 0 Å². The number of aryl methyl sites for hydroxylation is 1. The van der Waals surface area contributed by atoms with Crippen LogP contribution in [0, 0.1) is 17.6 Å². The molecule has 2 amide bonds. The van der Waals surface area contributed by atoms with E-state index in [1.807, 2.05) is 0 Å². The Balaban J connectivity index is 1.83. The van der Waals surface area contributed by atoms with Crippen molar-refractivity contribution in [2.24, 2.45) is 13.0 Å². The number of piperidine rings is 2. The Hall–Kier alpha value is -3.04. The standard InChI is InChI=1S/C19H20F2N4O4/c1-23-17-15(21)13(24-6-4-10(9-26)5-7-24)8-11(20)16(17)25(19(23)29)12-2-3-14(27)22-18(12)28/h8-10,12H,2-7H2,1H3,(H,22,27,28). The van der Waals surface area contributed by atoms with Gasteiger partial charge in [-0.1, -0.05) is 0 Å². The number of carbonyl (C=O) groups is 3. The number of anilines is 1. The van der Waals surface area contributed by atoms with E-state index >= 15 is 8.78 Å². The van der Waals surface area contributed by atoms with Crippen LogP contribution < -0.4 is 15.9 Å². The average Bonchev–Trinajstić information content (AvgIpc) is 2.97. The first kappa shape index (κ1) is 19.3. The third-order valence-electron chi connectivity index (χ3n) is 5.81. The topological polar surface area (TPSA) is 93.4 Å². The highest BCUT2D eigenvalue weighted by Gasteiger charge is 2.34. The minimum absolute atomic E-state index is 0.00704. The van der Waals surface area contributed by atoms with Crippen LogP contribution in [0.15, 0.2) is 10.9 Å². The molecule has 29 heavy (non-hydrogen) atoms. The van der Waals surface area contributed by atoms with Gasteiger partial charge in [0.1, 0.15) is 23.4 Å². The molecule has 10 heteroatoms. The quantitative estimate of drug-likeness (QED) is 0.607. The molecule has 0 aliphatic carbocycles. The van der Waals surface area contributed by atoms with Crippen molar-refractivity contribution in [1.29, 1.82) is 0 Å². The number of benzene rings is 1. The van der Waals surface area contributed by atoms with Gasteiger partial charge in [0.2, 0.25) is 11.8 Å². The largest absolute Gasteiger partial charge is 0.369 e. The lowest BCUT2D eigenvalue weighted by Crippen LogP contribution is -2.44. The smallest absolute Gasteiger partial charge is 0.329 e. The highest BCUT2D eigenvalue weighted by atomic mass is 19.1. The van der Waals surface area contributed by atoms with Gasteiger partial charge < -0.3 is 9.69 Å². The number of rotatable bonds is 3. The second-order valence-corrected chi connectivity index (χ2v) is 7.53. The molecule has 1 N–H and O–H groups in total. The Morgan fingerprint density at radius 3 is 2.41 bits per heavy atom. The molecule has 2 saturated heterocycles. The average molecular weight is 406 g/mol. The van der Waals surface area contributed by atoms with Crippen molar-refractivity contribution in [3.63, 3.8) is 0 Å². The molecular weight excluding hydrogens is 386 g/mol. The highest BCUT2D eigenvalue weighted by Crippen LogP contribution is 2.33. The molecule has 0 spiro atoms. The van der Waals surface area contributed by atoms with E-state index in [2.05, 4.69) is 5.32 Å². The molecule has 1 aromatic heterocycles. The fraction of sp³-hybridized carbons (Fsp3) is 0.474. The number of aldehydes is 1. The molecule has 0 saturated carbocycles. The summed E-state index contributed by atoms with van der Waals surface area (Å²) in [5, 5.41) is 2.14. The second-order valence-electron chi connectivity index (χ2n) is 7.53. The van der Waals surface area contributed by atoms with Crippen LogP contribution in [-0.4, -0.2) is 40.3 Å².